The van der Waals surface area contributed by atoms with E-state index in [0.717, 1.165) is 120 Å². The molecule has 0 unspecified atom stereocenters. The smallest absolute Gasteiger partial charge is 0.119 e. The van der Waals surface area contributed by atoms with Crippen LogP contribution in [0.4, 0.5) is 0 Å². The van der Waals surface area contributed by atoms with Crippen molar-refractivity contribution < 1.29 is 4.74 Å². The molecule has 0 spiro atoms. The molecule has 9 rings (SSSR count). The number of H-pyrrole nitrogens is 2. The summed E-state index contributed by atoms with van der Waals surface area (Å²) in [5.74, 6) is 0.867. The predicted molar refractivity (Wildman–Crippen MR) is 234 cm³/mol. The van der Waals surface area contributed by atoms with Gasteiger partial charge in [-0.2, -0.15) is 0 Å². The van der Waals surface area contributed by atoms with E-state index in [-0.39, 0.29) is 0 Å². The summed E-state index contributed by atoms with van der Waals surface area (Å²) in [5.41, 5.74) is 15.9. The minimum atomic E-state index is 0.704. The van der Waals surface area contributed by atoms with Crippen molar-refractivity contribution in [3.63, 3.8) is 0 Å². The van der Waals surface area contributed by atoms with Gasteiger partial charge in [-0.3, -0.25) is 0 Å². The molecule has 0 atom stereocenters. The van der Waals surface area contributed by atoms with Gasteiger partial charge < -0.3 is 14.7 Å². The second-order valence-corrected chi connectivity index (χ2v) is 14.5. The third kappa shape index (κ3) is 7.09. The third-order valence-electron chi connectivity index (χ3n) is 10.1. The van der Waals surface area contributed by atoms with E-state index in [2.05, 4.69) is 190 Å². The normalized spacial score (nSPS) is 11.9. The summed E-state index contributed by atoms with van der Waals surface area (Å²) in [6.07, 6.45) is 11.9. The number of alkyl halides is 1. The van der Waals surface area contributed by atoms with Gasteiger partial charge in [0.15, 0.2) is 0 Å². The van der Waals surface area contributed by atoms with Gasteiger partial charge in [0.05, 0.1) is 29.4 Å². The number of unbranched alkanes of at least 4 members (excludes halogenated alkanes) is 2. The van der Waals surface area contributed by atoms with E-state index in [9.17, 15) is 0 Å². The molecule has 268 valence electrons. The maximum Gasteiger partial charge on any atom is 0.119 e. The monoisotopic (exact) mass is 778 g/mol. The van der Waals surface area contributed by atoms with E-state index in [0.29, 0.717) is 6.61 Å². The molecule has 0 radical (unpaired) electrons. The Labute approximate surface area is 329 Å². The van der Waals surface area contributed by atoms with Crippen molar-refractivity contribution in [1.29, 1.82) is 0 Å². The number of hydrogen-bond donors (Lipinski definition) is 2. The molecular weight excluding hydrogens is 740 g/mol. The predicted octanol–water partition coefficient (Wildman–Crippen LogP) is 13.3. The van der Waals surface area contributed by atoms with Crippen LogP contribution in [0, 0.1) is 0 Å². The molecule has 0 fully saturated rings. The fourth-order valence-electron chi connectivity index (χ4n) is 7.52. The number of rotatable bonds is 10. The number of ether oxygens (including phenoxy) is 1. The van der Waals surface area contributed by atoms with Gasteiger partial charge in [-0.25, -0.2) is 9.97 Å². The highest BCUT2D eigenvalue weighted by molar-refractivity contribution is 9.09. The Morgan fingerprint density at radius 2 is 0.764 bits per heavy atom. The summed E-state index contributed by atoms with van der Waals surface area (Å²) in [4.78, 5) is 18.5. The quantitative estimate of drug-likeness (QED) is 0.107. The molecule has 2 N–H and O–H groups in total. The van der Waals surface area contributed by atoms with Crippen LogP contribution in [0.2, 0.25) is 0 Å². The van der Waals surface area contributed by atoms with E-state index >= 15 is 0 Å². The molecule has 2 aliphatic rings. The first kappa shape index (κ1) is 34.5. The minimum Gasteiger partial charge on any atom is -0.494 e. The lowest BCUT2D eigenvalue weighted by Gasteiger charge is -2.09. The number of fused-ring (bicyclic) bond motifs is 8. The number of halogens is 1. The second kappa shape index (κ2) is 15.6. The van der Waals surface area contributed by atoms with Crippen molar-refractivity contribution >= 4 is 62.3 Å². The number of nitrogens with zero attached hydrogens (tertiary/aromatic N) is 2. The topological polar surface area (TPSA) is 66.6 Å². The average Bonchev–Trinajstić information content (AvgIpc) is 4.08. The Hall–Kier alpha value is -6.24. The Morgan fingerprint density at radius 1 is 0.400 bits per heavy atom. The van der Waals surface area contributed by atoms with Gasteiger partial charge in [0.25, 0.3) is 0 Å². The molecule has 6 heteroatoms. The van der Waals surface area contributed by atoms with Gasteiger partial charge in [0.2, 0.25) is 0 Å². The molecule has 4 aromatic carbocycles. The Bertz CT molecular complexity index is 2660. The number of hydrogen-bond acceptors (Lipinski definition) is 3. The molecule has 55 heavy (non-hydrogen) atoms. The van der Waals surface area contributed by atoms with E-state index < -0.39 is 0 Å². The van der Waals surface area contributed by atoms with Gasteiger partial charge in [0, 0.05) is 49.7 Å². The lowest BCUT2D eigenvalue weighted by molar-refractivity contribution is 0.306. The molecular formula is C49H39BrN4O. The van der Waals surface area contributed by atoms with Crippen LogP contribution in [-0.4, -0.2) is 31.9 Å². The van der Waals surface area contributed by atoms with Crippen LogP contribution in [0.3, 0.4) is 0 Å². The lowest BCUT2D eigenvalue weighted by Crippen LogP contribution is -1.97. The fourth-order valence-corrected chi connectivity index (χ4v) is 7.91. The number of aromatic nitrogens is 4. The molecule has 0 aliphatic carbocycles. The zero-order valence-electron chi connectivity index (χ0n) is 30.3. The summed E-state index contributed by atoms with van der Waals surface area (Å²) in [6, 6.07) is 48.6. The van der Waals surface area contributed by atoms with E-state index in [1.807, 2.05) is 0 Å². The SMILES string of the molecule is BrCCCCCOc1ccc(-c2c3nc(c(-c4ccccc4)c4ccc([nH]4)c(-c4ccccc4)c4nc(c(-c5ccccc5)c5ccc2[nH]5)C=C4)C=C3)cc1. The molecule has 0 saturated carbocycles. The first-order chi connectivity index (χ1) is 27.2. The van der Waals surface area contributed by atoms with Crippen LogP contribution in [0.1, 0.15) is 42.0 Å². The highest BCUT2D eigenvalue weighted by atomic mass is 79.9. The van der Waals surface area contributed by atoms with Crippen LogP contribution in [0.15, 0.2) is 140 Å². The van der Waals surface area contributed by atoms with Gasteiger partial charge in [-0.1, -0.05) is 119 Å². The van der Waals surface area contributed by atoms with Crippen molar-refractivity contribution in [2.24, 2.45) is 0 Å². The average molecular weight is 780 g/mol. The molecule has 5 nitrogen and oxygen atoms in total. The largest absolute Gasteiger partial charge is 0.494 e. The molecule has 2 aliphatic heterocycles. The van der Waals surface area contributed by atoms with E-state index in [4.69, 9.17) is 14.7 Å². The maximum absolute atomic E-state index is 6.13. The summed E-state index contributed by atoms with van der Waals surface area (Å²) < 4.78 is 6.13. The highest BCUT2D eigenvalue weighted by Crippen LogP contribution is 2.38. The first-order valence-corrected chi connectivity index (χ1v) is 20.0. The lowest BCUT2D eigenvalue weighted by atomic mass is 10.0. The van der Waals surface area contributed by atoms with E-state index in [1.54, 1.807) is 0 Å². The minimum absolute atomic E-state index is 0.704. The second-order valence-electron chi connectivity index (χ2n) is 13.7. The van der Waals surface area contributed by atoms with Crippen molar-refractivity contribution in [1.82, 2.24) is 19.9 Å². The van der Waals surface area contributed by atoms with Gasteiger partial charge in [-0.05, 0) is 102 Å². The third-order valence-corrected chi connectivity index (χ3v) is 10.7. The van der Waals surface area contributed by atoms with Gasteiger partial charge in [0.1, 0.15) is 5.75 Å². The van der Waals surface area contributed by atoms with Gasteiger partial charge >= 0.3 is 0 Å². The summed E-state index contributed by atoms with van der Waals surface area (Å²) >= 11 is 3.52. The Morgan fingerprint density at radius 3 is 1.13 bits per heavy atom. The molecule has 8 bridgehead atoms. The molecule has 5 heterocycles. The molecule has 7 aromatic rings. The van der Waals surface area contributed by atoms with Crippen LogP contribution in [-0.2, 0) is 0 Å². The van der Waals surface area contributed by atoms with Crippen molar-refractivity contribution in [2.45, 2.75) is 19.3 Å². The van der Waals surface area contributed by atoms with Gasteiger partial charge in [-0.15, -0.1) is 0 Å². The fraction of sp³-hybridized carbons (Fsp3) is 0.102. The van der Waals surface area contributed by atoms with Crippen LogP contribution < -0.4 is 4.74 Å². The number of benzene rings is 4. The number of aromatic amines is 2. The van der Waals surface area contributed by atoms with Crippen LogP contribution in [0.5, 0.6) is 5.75 Å². The molecule has 0 saturated heterocycles. The van der Waals surface area contributed by atoms with Crippen molar-refractivity contribution in [3.8, 4) is 50.3 Å². The number of nitrogens with one attached hydrogen (secondary N) is 2. The standard InChI is InChI=1S/C49H39BrN4O/c50-31-11-4-12-32-55-37-21-19-36(20-22-37)49-44-29-27-42(53-44)47(34-15-7-2-8-16-34)40-25-23-38(51-40)46(33-13-5-1-6-14-33)39-24-26-41(52-39)48(35-17-9-3-10-18-35)43-28-30-45(49)54-43/h1-3,5-10,13-30,51,54H,4,11-12,31-32H2. The summed E-state index contributed by atoms with van der Waals surface area (Å²) in [6.45, 7) is 0.704. The Balaban J connectivity index is 1.35. The maximum atomic E-state index is 6.13. The van der Waals surface area contributed by atoms with Crippen LogP contribution >= 0.6 is 15.9 Å². The Kier molecular flexibility index (Phi) is 9.81. The zero-order valence-corrected chi connectivity index (χ0v) is 31.9. The van der Waals surface area contributed by atoms with Crippen molar-refractivity contribution in [3.05, 3.63) is 162 Å². The zero-order chi connectivity index (χ0) is 37.0. The highest BCUT2D eigenvalue weighted by Gasteiger charge is 2.19. The van der Waals surface area contributed by atoms with Crippen LogP contribution in [0.25, 0.3) is 90.9 Å². The first-order valence-electron chi connectivity index (χ1n) is 18.9. The van der Waals surface area contributed by atoms with Crippen molar-refractivity contribution in [2.75, 3.05) is 11.9 Å². The molecule has 3 aromatic heterocycles. The molecule has 0 amide bonds. The summed E-state index contributed by atoms with van der Waals surface area (Å²) in [7, 11) is 0. The van der Waals surface area contributed by atoms with E-state index in [1.165, 1.54) is 0 Å². The summed E-state index contributed by atoms with van der Waals surface area (Å²) in [5, 5.41) is 1.03.